The molecule has 6 atom stereocenters. The van der Waals surface area contributed by atoms with E-state index in [-0.39, 0.29) is 26.4 Å². The van der Waals surface area contributed by atoms with Gasteiger partial charge in [0.1, 0.15) is 24.4 Å². The molecule has 0 aromatic heterocycles. The number of aliphatic hydroxyl groups excluding tert-OH is 4. The maximum atomic E-state index is 10.2. The Morgan fingerprint density at radius 1 is 0.684 bits per heavy atom. The first-order valence-corrected chi connectivity index (χ1v) is 5.92. The molecule has 9 nitrogen and oxygen atoms in total. The van der Waals surface area contributed by atoms with Gasteiger partial charge in [0, 0.05) is 0 Å². The summed E-state index contributed by atoms with van der Waals surface area (Å²) in [5, 5.41) is 61.5. The van der Waals surface area contributed by atoms with Gasteiger partial charge in [-0.3, -0.25) is 5.32 Å². The van der Waals surface area contributed by atoms with Crippen LogP contribution in [0.15, 0.2) is 0 Å². The number of nitrogens with one attached hydrogen (secondary N) is 1. The van der Waals surface area contributed by atoms with Gasteiger partial charge >= 0.3 is 0 Å². The number of rotatable bonds is 2. The molecule has 0 radical (unpaired) electrons. The standard InChI is InChI=1S/C10H19NO8/c12-5-1-18-2-6(13)9(5,16)11-10(17)7(14)3-19-4-8(10)15/h5-8,11-17H,1-4H2/t5-,6+,7-,8+,9?,10?. The fraction of sp³-hybridized carbons (Fsp3) is 1.00. The molecule has 9 heteroatoms. The molecule has 19 heavy (non-hydrogen) atoms. The second-order valence-electron chi connectivity index (χ2n) is 4.91. The molecule has 0 aliphatic carbocycles. The Morgan fingerprint density at radius 3 is 1.21 bits per heavy atom. The van der Waals surface area contributed by atoms with Crippen LogP contribution in [0.5, 0.6) is 0 Å². The minimum atomic E-state index is -2.31. The highest BCUT2D eigenvalue weighted by molar-refractivity contribution is 5.03. The molecule has 2 aliphatic rings. The lowest BCUT2D eigenvalue weighted by Crippen LogP contribution is -2.79. The summed E-state index contributed by atoms with van der Waals surface area (Å²) in [5.41, 5.74) is -4.63. The van der Waals surface area contributed by atoms with E-state index in [0.717, 1.165) is 0 Å². The molecule has 0 spiro atoms. The molecule has 7 N–H and O–H groups in total. The van der Waals surface area contributed by atoms with Crippen molar-refractivity contribution >= 4 is 0 Å². The summed E-state index contributed by atoms with van der Waals surface area (Å²) in [7, 11) is 0. The predicted molar refractivity (Wildman–Crippen MR) is 58.7 cm³/mol. The van der Waals surface area contributed by atoms with Crippen LogP contribution in [0.1, 0.15) is 0 Å². The zero-order valence-electron chi connectivity index (χ0n) is 10.1. The fourth-order valence-electron chi connectivity index (χ4n) is 2.19. The highest BCUT2D eigenvalue weighted by Gasteiger charge is 2.56. The molecule has 0 amide bonds. The van der Waals surface area contributed by atoms with E-state index in [1.54, 1.807) is 0 Å². The van der Waals surface area contributed by atoms with Crippen molar-refractivity contribution in [2.24, 2.45) is 0 Å². The molecule has 2 rings (SSSR count). The summed E-state index contributed by atoms with van der Waals surface area (Å²) in [6.07, 6.45) is -6.16. The predicted octanol–water partition coefficient (Wildman–Crippen LogP) is -4.54. The van der Waals surface area contributed by atoms with Crippen molar-refractivity contribution in [1.29, 1.82) is 0 Å². The average molecular weight is 281 g/mol. The van der Waals surface area contributed by atoms with Crippen LogP contribution in [0.2, 0.25) is 0 Å². The van der Waals surface area contributed by atoms with Crippen LogP contribution in [-0.4, -0.2) is 92.9 Å². The number of hydrogen-bond acceptors (Lipinski definition) is 9. The first kappa shape index (κ1) is 15.0. The number of hydrogen-bond donors (Lipinski definition) is 7. The Labute approximate surface area is 109 Å². The number of aliphatic hydroxyl groups is 6. The lowest BCUT2D eigenvalue weighted by molar-refractivity contribution is -0.295. The molecule has 2 aliphatic heterocycles. The van der Waals surface area contributed by atoms with E-state index in [2.05, 4.69) is 5.32 Å². The lowest BCUT2D eigenvalue weighted by Gasteiger charge is -2.49. The van der Waals surface area contributed by atoms with Gasteiger partial charge in [-0.05, 0) is 0 Å². The summed E-state index contributed by atoms with van der Waals surface area (Å²) in [5.74, 6) is 0. The van der Waals surface area contributed by atoms with Crippen molar-refractivity contribution in [2.45, 2.75) is 35.9 Å². The Morgan fingerprint density at radius 2 is 0.947 bits per heavy atom. The van der Waals surface area contributed by atoms with Crippen LogP contribution in [-0.2, 0) is 9.47 Å². The topological polar surface area (TPSA) is 152 Å². The van der Waals surface area contributed by atoms with Crippen molar-refractivity contribution in [3.63, 3.8) is 0 Å². The summed E-state index contributed by atoms with van der Waals surface area (Å²) < 4.78 is 9.67. The van der Waals surface area contributed by atoms with E-state index in [1.165, 1.54) is 0 Å². The van der Waals surface area contributed by atoms with Gasteiger partial charge in [0.15, 0.2) is 11.4 Å². The average Bonchev–Trinajstić information content (AvgIpc) is 2.34. The van der Waals surface area contributed by atoms with E-state index >= 15 is 0 Å². The second kappa shape index (κ2) is 5.20. The third-order valence-electron chi connectivity index (χ3n) is 3.54. The van der Waals surface area contributed by atoms with Gasteiger partial charge in [0.2, 0.25) is 0 Å². The van der Waals surface area contributed by atoms with Crippen LogP contribution < -0.4 is 5.32 Å². The molecule has 0 saturated carbocycles. The molecule has 2 heterocycles. The summed E-state index contributed by atoms with van der Waals surface area (Å²) in [4.78, 5) is 0. The van der Waals surface area contributed by atoms with E-state index in [9.17, 15) is 30.6 Å². The van der Waals surface area contributed by atoms with Crippen LogP contribution in [0.3, 0.4) is 0 Å². The van der Waals surface area contributed by atoms with Crippen molar-refractivity contribution in [1.82, 2.24) is 5.32 Å². The minimum absolute atomic E-state index is 0.265. The normalized spacial score (nSPS) is 52.1. The maximum absolute atomic E-state index is 10.2. The van der Waals surface area contributed by atoms with Crippen molar-refractivity contribution in [3.05, 3.63) is 0 Å². The fourth-order valence-corrected chi connectivity index (χ4v) is 2.19. The van der Waals surface area contributed by atoms with E-state index < -0.39 is 35.9 Å². The molecule has 2 unspecified atom stereocenters. The molecule has 2 saturated heterocycles. The third kappa shape index (κ3) is 2.49. The van der Waals surface area contributed by atoms with Crippen LogP contribution >= 0.6 is 0 Å². The summed E-state index contributed by atoms with van der Waals surface area (Å²) in [6, 6.07) is 0. The quantitative estimate of drug-likeness (QED) is 0.248. The largest absolute Gasteiger partial charge is 0.386 e. The molecular weight excluding hydrogens is 262 g/mol. The molecule has 112 valence electrons. The Kier molecular flexibility index (Phi) is 4.12. The number of ether oxygens (including phenoxy) is 2. The van der Waals surface area contributed by atoms with Gasteiger partial charge in [-0.25, -0.2) is 0 Å². The Bertz CT molecular complexity index is 277. The van der Waals surface area contributed by atoms with Gasteiger partial charge in [0.05, 0.1) is 26.4 Å². The molecular formula is C10H19NO8. The zero-order chi connectivity index (χ0) is 14.3. The van der Waals surface area contributed by atoms with Gasteiger partial charge < -0.3 is 40.1 Å². The van der Waals surface area contributed by atoms with Crippen LogP contribution in [0.4, 0.5) is 0 Å². The summed E-state index contributed by atoms with van der Waals surface area (Å²) >= 11 is 0. The van der Waals surface area contributed by atoms with E-state index in [0.29, 0.717) is 0 Å². The highest BCUT2D eigenvalue weighted by Crippen LogP contribution is 2.27. The van der Waals surface area contributed by atoms with Crippen molar-refractivity contribution in [2.75, 3.05) is 26.4 Å². The second-order valence-corrected chi connectivity index (χ2v) is 4.91. The van der Waals surface area contributed by atoms with Gasteiger partial charge in [-0.2, -0.15) is 0 Å². The van der Waals surface area contributed by atoms with Crippen molar-refractivity contribution < 1.29 is 40.1 Å². The zero-order valence-corrected chi connectivity index (χ0v) is 10.1. The smallest absolute Gasteiger partial charge is 0.175 e. The van der Waals surface area contributed by atoms with Gasteiger partial charge in [-0.1, -0.05) is 0 Å². The molecule has 0 bridgehead atoms. The maximum Gasteiger partial charge on any atom is 0.175 e. The Hall–Kier alpha value is -0.360. The monoisotopic (exact) mass is 281 g/mol. The van der Waals surface area contributed by atoms with Gasteiger partial charge in [0.25, 0.3) is 0 Å². The Balaban J connectivity index is 2.21. The van der Waals surface area contributed by atoms with Crippen LogP contribution in [0, 0.1) is 0 Å². The summed E-state index contributed by atoms with van der Waals surface area (Å²) in [6.45, 7) is -1.06. The third-order valence-corrected chi connectivity index (χ3v) is 3.54. The van der Waals surface area contributed by atoms with E-state index in [1.807, 2.05) is 0 Å². The molecule has 0 aromatic carbocycles. The lowest BCUT2D eigenvalue weighted by atomic mass is 9.91. The molecule has 0 aromatic rings. The minimum Gasteiger partial charge on any atom is -0.386 e. The molecule has 2 fully saturated rings. The highest BCUT2D eigenvalue weighted by atomic mass is 16.5. The van der Waals surface area contributed by atoms with Crippen molar-refractivity contribution in [3.8, 4) is 0 Å². The SMILES string of the molecule is O[C@@H]1COC[C@H](O)C1(O)NC1(O)[C@H](O)COC[C@@H]1O. The van der Waals surface area contributed by atoms with Crippen LogP contribution in [0.25, 0.3) is 0 Å². The first-order valence-electron chi connectivity index (χ1n) is 5.92. The van der Waals surface area contributed by atoms with Gasteiger partial charge in [-0.15, -0.1) is 0 Å². The van der Waals surface area contributed by atoms with E-state index in [4.69, 9.17) is 9.47 Å². The first-order chi connectivity index (χ1) is 8.80.